The van der Waals surface area contributed by atoms with Crippen molar-refractivity contribution in [2.45, 2.75) is 24.8 Å². The number of rotatable bonds is 3. The first kappa shape index (κ1) is 23.6. The topological polar surface area (TPSA) is 105 Å². The number of hydrogen-bond donors (Lipinski definition) is 2. The summed E-state index contributed by atoms with van der Waals surface area (Å²) in [5.41, 5.74) is 1.34. The fraction of sp³-hybridized carbons (Fsp3) is 0.529. The first-order valence-electron chi connectivity index (χ1n) is 8.78. The molecule has 1 aliphatic rings. The predicted molar refractivity (Wildman–Crippen MR) is 107 cm³/mol. The van der Waals surface area contributed by atoms with Crippen LogP contribution in [0.5, 0.6) is 0 Å². The monoisotopic (exact) mass is 446 g/mol. The van der Waals surface area contributed by atoms with Gasteiger partial charge in [0, 0.05) is 33.2 Å². The van der Waals surface area contributed by atoms with Gasteiger partial charge in [-0.1, -0.05) is 17.7 Å². The number of aromatic nitrogens is 4. The molecule has 0 unspecified atom stereocenters. The van der Waals surface area contributed by atoms with Crippen molar-refractivity contribution in [1.82, 2.24) is 24.4 Å². The molecular weight excluding hydrogens is 425 g/mol. The highest BCUT2D eigenvalue weighted by molar-refractivity contribution is 7.98. The van der Waals surface area contributed by atoms with Gasteiger partial charge in [-0.3, -0.25) is 9.13 Å². The standard InChI is InChI=1S/C15H20N6OS.C2HF3O2/c1-4-5-8-21-11-12(19(2)15(21)22)17-14(23-3)18-13(11)20-9-6-16-7-10-20;3-2(4,5)1(6)7/h16H,6-10H2,1-3H3;(H,6,7). The van der Waals surface area contributed by atoms with Crippen LogP contribution < -0.4 is 15.9 Å². The normalized spacial score (nSPS) is 14.0. The highest BCUT2D eigenvalue weighted by Gasteiger charge is 2.38. The lowest BCUT2D eigenvalue weighted by atomic mass is 10.3. The number of fused-ring (bicyclic) bond motifs is 1. The number of halogens is 3. The number of carbonyl (C=O) groups is 1. The van der Waals surface area contributed by atoms with Gasteiger partial charge in [0.15, 0.2) is 16.6 Å². The molecule has 1 fully saturated rings. The Morgan fingerprint density at radius 1 is 1.30 bits per heavy atom. The number of anilines is 1. The molecular formula is C17H21F3N6O3S. The summed E-state index contributed by atoms with van der Waals surface area (Å²) in [5, 5.41) is 11.1. The van der Waals surface area contributed by atoms with Crippen molar-refractivity contribution in [3.63, 3.8) is 0 Å². The summed E-state index contributed by atoms with van der Waals surface area (Å²) in [7, 11) is 1.75. The van der Waals surface area contributed by atoms with Crippen LogP contribution in [-0.2, 0) is 18.4 Å². The summed E-state index contributed by atoms with van der Waals surface area (Å²) in [4.78, 5) is 32.9. The largest absolute Gasteiger partial charge is 0.490 e. The van der Waals surface area contributed by atoms with E-state index in [9.17, 15) is 18.0 Å². The fourth-order valence-corrected chi connectivity index (χ4v) is 3.10. The maximum atomic E-state index is 12.6. The molecule has 3 rings (SSSR count). The summed E-state index contributed by atoms with van der Waals surface area (Å²) in [6.07, 6.45) is -3.14. The lowest BCUT2D eigenvalue weighted by Gasteiger charge is -2.29. The molecule has 1 saturated heterocycles. The molecule has 0 spiro atoms. The van der Waals surface area contributed by atoms with E-state index in [2.05, 4.69) is 27.0 Å². The molecule has 0 radical (unpaired) electrons. The highest BCUT2D eigenvalue weighted by Crippen LogP contribution is 2.26. The zero-order valence-corrected chi connectivity index (χ0v) is 17.4. The Bertz CT molecular complexity index is 1030. The average molecular weight is 446 g/mol. The Labute approximate surface area is 174 Å². The molecule has 0 aromatic carbocycles. The van der Waals surface area contributed by atoms with E-state index in [0.717, 1.165) is 37.5 Å². The molecule has 30 heavy (non-hydrogen) atoms. The van der Waals surface area contributed by atoms with Crippen LogP contribution in [0.2, 0.25) is 0 Å². The molecule has 3 heterocycles. The summed E-state index contributed by atoms with van der Waals surface area (Å²) >= 11 is 1.49. The number of carboxylic acid groups (broad SMARTS) is 1. The van der Waals surface area contributed by atoms with Gasteiger partial charge in [-0.2, -0.15) is 13.2 Å². The Hall–Kier alpha value is -2.72. The second kappa shape index (κ2) is 9.86. The van der Waals surface area contributed by atoms with Gasteiger partial charge < -0.3 is 15.3 Å². The number of thioether (sulfide) groups is 1. The summed E-state index contributed by atoms with van der Waals surface area (Å²) < 4.78 is 35.0. The summed E-state index contributed by atoms with van der Waals surface area (Å²) in [5.74, 6) is 3.90. The maximum absolute atomic E-state index is 12.6. The van der Waals surface area contributed by atoms with E-state index >= 15 is 0 Å². The maximum Gasteiger partial charge on any atom is 0.490 e. The number of carboxylic acids is 1. The average Bonchev–Trinajstić information content (AvgIpc) is 2.96. The van der Waals surface area contributed by atoms with Crippen LogP contribution in [0.4, 0.5) is 19.0 Å². The minimum atomic E-state index is -5.08. The minimum absolute atomic E-state index is 0.105. The third kappa shape index (κ3) is 5.25. The van der Waals surface area contributed by atoms with Gasteiger partial charge in [0.2, 0.25) is 0 Å². The van der Waals surface area contributed by atoms with Crippen LogP contribution in [0.1, 0.15) is 6.92 Å². The molecule has 164 valence electrons. The number of aryl methyl sites for hydroxylation is 1. The minimum Gasteiger partial charge on any atom is -0.475 e. The Morgan fingerprint density at radius 3 is 2.40 bits per heavy atom. The molecule has 0 aliphatic carbocycles. The van der Waals surface area contributed by atoms with E-state index in [1.54, 1.807) is 23.1 Å². The zero-order valence-electron chi connectivity index (χ0n) is 16.6. The number of nitrogens with one attached hydrogen (secondary N) is 1. The van der Waals surface area contributed by atoms with Gasteiger partial charge in [-0.25, -0.2) is 19.6 Å². The number of alkyl halides is 3. The van der Waals surface area contributed by atoms with E-state index < -0.39 is 12.1 Å². The second-order valence-corrected chi connectivity index (χ2v) is 6.87. The van der Waals surface area contributed by atoms with E-state index in [1.165, 1.54) is 11.8 Å². The third-order valence-electron chi connectivity index (χ3n) is 4.19. The van der Waals surface area contributed by atoms with Gasteiger partial charge in [-0.05, 0) is 13.2 Å². The summed E-state index contributed by atoms with van der Waals surface area (Å²) in [6, 6.07) is 0. The zero-order chi connectivity index (χ0) is 22.5. The molecule has 13 heteroatoms. The molecule has 0 saturated carbocycles. The van der Waals surface area contributed by atoms with Crippen LogP contribution >= 0.6 is 11.8 Å². The van der Waals surface area contributed by atoms with Crippen LogP contribution in [0.3, 0.4) is 0 Å². The van der Waals surface area contributed by atoms with Gasteiger partial charge >= 0.3 is 17.8 Å². The molecule has 2 aromatic heterocycles. The Balaban J connectivity index is 0.000000396. The van der Waals surface area contributed by atoms with Crippen molar-refractivity contribution >= 4 is 34.7 Å². The van der Waals surface area contributed by atoms with Crippen molar-refractivity contribution in [3.05, 3.63) is 10.5 Å². The molecule has 0 bridgehead atoms. The van der Waals surface area contributed by atoms with Crippen molar-refractivity contribution in [3.8, 4) is 11.8 Å². The second-order valence-electron chi connectivity index (χ2n) is 6.10. The number of piperazine rings is 1. The predicted octanol–water partition coefficient (Wildman–Crippen LogP) is 0.918. The van der Waals surface area contributed by atoms with Gasteiger partial charge in [0.25, 0.3) is 0 Å². The van der Waals surface area contributed by atoms with Crippen molar-refractivity contribution in [1.29, 1.82) is 0 Å². The first-order valence-corrected chi connectivity index (χ1v) is 10.0. The lowest BCUT2D eigenvalue weighted by Crippen LogP contribution is -2.44. The lowest BCUT2D eigenvalue weighted by molar-refractivity contribution is -0.192. The molecule has 1 aliphatic heterocycles. The molecule has 9 nitrogen and oxygen atoms in total. The molecule has 0 atom stereocenters. The SMILES string of the molecule is CC#CCn1c(=O)n(C)c2nc(SC)nc(N3CCNCC3)c21.O=C(O)C(F)(F)F. The van der Waals surface area contributed by atoms with Crippen molar-refractivity contribution < 1.29 is 23.1 Å². The number of hydrogen-bond acceptors (Lipinski definition) is 7. The van der Waals surface area contributed by atoms with Crippen LogP contribution in [0.15, 0.2) is 9.95 Å². The van der Waals surface area contributed by atoms with Crippen molar-refractivity contribution in [2.75, 3.05) is 37.3 Å². The van der Waals surface area contributed by atoms with E-state index in [1.807, 2.05) is 6.26 Å². The highest BCUT2D eigenvalue weighted by atomic mass is 32.2. The van der Waals surface area contributed by atoms with Crippen LogP contribution in [0, 0.1) is 11.8 Å². The van der Waals surface area contributed by atoms with Gasteiger partial charge in [0.05, 0.1) is 6.54 Å². The Morgan fingerprint density at radius 2 is 1.90 bits per heavy atom. The van der Waals surface area contributed by atoms with E-state index in [0.29, 0.717) is 17.3 Å². The van der Waals surface area contributed by atoms with Gasteiger partial charge in [0.1, 0.15) is 5.52 Å². The first-order chi connectivity index (χ1) is 14.1. The third-order valence-corrected chi connectivity index (χ3v) is 4.74. The molecule has 2 aromatic rings. The quantitative estimate of drug-likeness (QED) is 0.408. The number of nitrogens with zero attached hydrogens (tertiary/aromatic N) is 5. The summed E-state index contributed by atoms with van der Waals surface area (Å²) in [6.45, 7) is 5.67. The fourth-order valence-electron chi connectivity index (χ4n) is 2.75. The number of imidazole rings is 1. The van der Waals surface area contributed by atoms with Crippen LogP contribution in [-0.4, -0.2) is 68.8 Å². The molecule has 0 amide bonds. The number of aliphatic carboxylic acids is 1. The van der Waals surface area contributed by atoms with Crippen LogP contribution in [0.25, 0.3) is 11.2 Å². The molecule has 2 N–H and O–H groups in total. The van der Waals surface area contributed by atoms with E-state index in [4.69, 9.17) is 14.9 Å². The van der Waals surface area contributed by atoms with Crippen molar-refractivity contribution in [2.24, 2.45) is 7.05 Å². The smallest absolute Gasteiger partial charge is 0.475 e. The van der Waals surface area contributed by atoms with Gasteiger partial charge in [-0.15, -0.1) is 5.92 Å². The van der Waals surface area contributed by atoms with E-state index in [-0.39, 0.29) is 5.69 Å². The Kier molecular flexibility index (Phi) is 7.74.